The van der Waals surface area contributed by atoms with E-state index in [4.69, 9.17) is 0 Å². The van der Waals surface area contributed by atoms with E-state index < -0.39 is 0 Å². The number of rotatable bonds is 2. The van der Waals surface area contributed by atoms with Gasteiger partial charge in [-0.2, -0.15) is 0 Å². The molecule has 3 nitrogen and oxygen atoms in total. The molecule has 3 aromatic rings. The third kappa shape index (κ3) is 3.07. The number of anilines is 1. The van der Waals surface area contributed by atoms with Crippen LogP contribution in [0.25, 0.3) is 10.6 Å². The van der Waals surface area contributed by atoms with Crippen LogP contribution in [0.4, 0.5) is 5.82 Å². The number of benzene rings is 1. The van der Waals surface area contributed by atoms with Crippen molar-refractivity contribution in [3.8, 4) is 10.6 Å². The summed E-state index contributed by atoms with van der Waals surface area (Å²) in [5, 5.41) is 2.07. The maximum absolute atomic E-state index is 4.48. The lowest BCUT2D eigenvalue weighted by molar-refractivity contribution is 0.718. The van der Waals surface area contributed by atoms with Crippen LogP contribution in [0, 0.1) is 0 Å². The van der Waals surface area contributed by atoms with Gasteiger partial charge < -0.3 is 4.90 Å². The minimum Gasteiger partial charge on any atom is -0.352 e. The van der Waals surface area contributed by atoms with E-state index >= 15 is 0 Å². The third-order valence-corrected chi connectivity index (χ3v) is 6.74. The Balaban J connectivity index is 1.65. The van der Waals surface area contributed by atoms with Crippen LogP contribution < -0.4 is 4.90 Å². The van der Waals surface area contributed by atoms with E-state index in [0.717, 1.165) is 40.0 Å². The second kappa shape index (κ2) is 6.34. The summed E-state index contributed by atoms with van der Waals surface area (Å²) in [6.45, 7) is 1.85. The fourth-order valence-electron chi connectivity index (χ4n) is 2.82. The molecule has 0 saturated heterocycles. The van der Waals surface area contributed by atoms with Gasteiger partial charge in [-0.3, -0.25) is 0 Å². The summed E-state index contributed by atoms with van der Waals surface area (Å²) in [7, 11) is 0. The second-order valence-electron chi connectivity index (χ2n) is 5.45. The van der Waals surface area contributed by atoms with E-state index in [0.29, 0.717) is 0 Å². The molecule has 116 valence electrons. The van der Waals surface area contributed by atoms with Crippen molar-refractivity contribution in [2.24, 2.45) is 0 Å². The molecular formula is C17H13Br2N3S. The van der Waals surface area contributed by atoms with Gasteiger partial charge in [0.2, 0.25) is 0 Å². The lowest BCUT2D eigenvalue weighted by atomic mass is 10.00. The van der Waals surface area contributed by atoms with Gasteiger partial charge in [0, 0.05) is 28.1 Å². The minimum atomic E-state index is 0.877. The Kier molecular flexibility index (Phi) is 4.22. The Labute approximate surface area is 155 Å². The predicted molar refractivity (Wildman–Crippen MR) is 102 cm³/mol. The van der Waals surface area contributed by atoms with Crippen molar-refractivity contribution >= 4 is 49.0 Å². The first-order valence-electron chi connectivity index (χ1n) is 7.28. The average Bonchev–Trinajstić information content (AvgIpc) is 3.10. The highest BCUT2D eigenvalue weighted by molar-refractivity contribution is 9.13. The van der Waals surface area contributed by atoms with Gasteiger partial charge >= 0.3 is 0 Å². The molecule has 0 atom stereocenters. The van der Waals surface area contributed by atoms with Crippen LogP contribution in [0.5, 0.6) is 0 Å². The smallest absolute Gasteiger partial charge is 0.132 e. The molecular weight excluding hydrogens is 438 g/mol. The highest BCUT2D eigenvalue weighted by atomic mass is 79.9. The summed E-state index contributed by atoms with van der Waals surface area (Å²) in [5.41, 5.74) is 3.75. The number of fused-ring (bicyclic) bond motifs is 1. The summed E-state index contributed by atoms with van der Waals surface area (Å²) >= 11 is 8.89. The molecule has 1 aliphatic heterocycles. The van der Waals surface area contributed by atoms with Crippen LogP contribution in [-0.2, 0) is 13.0 Å². The molecule has 0 N–H and O–H groups in total. The first kappa shape index (κ1) is 15.3. The molecule has 4 rings (SSSR count). The zero-order valence-corrected chi connectivity index (χ0v) is 16.2. The predicted octanol–water partition coefficient (Wildman–Crippen LogP) is 5.29. The summed E-state index contributed by atoms with van der Waals surface area (Å²) in [5.74, 6) is 0.994. The number of halogens is 2. The largest absolute Gasteiger partial charge is 0.352 e. The molecule has 0 amide bonds. The van der Waals surface area contributed by atoms with E-state index in [9.17, 15) is 0 Å². The fourth-order valence-corrected chi connectivity index (χ4v) is 4.30. The molecule has 2 aromatic heterocycles. The molecule has 0 spiro atoms. The molecule has 1 aromatic carbocycles. The van der Waals surface area contributed by atoms with Crippen LogP contribution >= 0.6 is 43.2 Å². The van der Waals surface area contributed by atoms with E-state index in [1.54, 1.807) is 17.7 Å². The molecule has 0 bridgehead atoms. The number of nitrogens with zero attached hydrogens (tertiary/aromatic N) is 3. The van der Waals surface area contributed by atoms with Gasteiger partial charge in [0.05, 0.1) is 10.6 Å². The standard InChI is InChI=1S/C17H13Br2N3S/c18-13-6-11-3-4-22(9-12(11)7-14(13)19)17-8-15(20-10-21-17)16-2-1-5-23-16/h1-2,5-8,10H,3-4,9H2. The monoisotopic (exact) mass is 449 g/mol. The van der Waals surface area contributed by atoms with Gasteiger partial charge in [0.1, 0.15) is 12.1 Å². The Morgan fingerprint density at radius 3 is 2.65 bits per heavy atom. The maximum Gasteiger partial charge on any atom is 0.132 e. The number of hydrogen-bond donors (Lipinski definition) is 0. The van der Waals surface area contributed by atoms with E-state index in [1.807, 2.05) is 6.07 Å². The van der Waals surface area contributed by atoms with Crippen molar-refractivity contribution < 1.29 is 0 Å². The molecule has 0 saturated carbocycles. The number of thiophene rings is 1. The van der Waals surface area contributed by atoms with Gasteiger partial charge in [-0.05, 0) is 73.0 Å². The van der Waals surface area contributed by atoms with Gasteiger partial charge in [-0.15, -0.1) is 11.3 Å². The fraction of sp³-hybridized carbons (Fsp3) is 0.176. The lowest BCUT2D eigenvalue weighted by Gasteiger charge is -2.30. The van der Waals surface area contributed by atoms with Crippen molar-refractivity contribution in [3.05, 3.63) is 62.1 Å². The van der Waals surface area contributed by atoms with Gasteiger partial charge in [0.15, 0.2) is 0 Å². The molecule has 1 aliphatic rings. The van der Waals surface area contributed by atoms with Crippen molar-refractivity contribution in [1.82, 2.24) is 9.97 Å². The molecule has 6 heteroatoms. The van der Waals surface area contributed by atoms with Gasteiger partial charge in [-0.1, -0.05) is 6.07 Å². The molecule has 0 fully saturated rings. The van der Waals surface area contributed by atoms with Crippen molar-refractivity contribution in [1.29, 1.82) is 0 Å². The van der Waals surface area contributed by atoms with Gasteiger partial charge in [-0.25, -0.2) is 9.97 Å². The molecule has 3 heterocycles. The Hall–Kier alpha value is -1.24. The molecule has 0 aliphatic carbocycles. The second-order valence-corrected chi connectivity index (χ2v) is 8.10. The third-order valence-electron chi connectivity index (χ3n) is 4.01. The zero-order chi connectivity index (χ0) is 15.8. The van der Waals surface area contributed by atoms with Crippen molar-refractivity contribution in [2.75, 3.05) is 11.4 Å². The van der Waals surface area contributed by atoms with Crippen LogP contribution in [-0.4, -0.2) is 16.5 Å². The molecule has 23 heavy (non-hydrogen) atoms. The number of hydrogen-bond acceptors (Lipinski definition) is 4. The highest BCUT2D eigenvalue weighted by Gasteiger charge is 2.19. The Morgan fingerprint density at radius 2 is 1.87 bits per heavy atom. The van der Waals surface area contributed by atoms with E-state index in [2.05, 4.69) is 76.4 Å². The van der Waals surface area contributed by atoms with Crippen LogP contribution in [0.2, 0.25) is 0 Å². The minimum absolute atomic E-state index is 0.877. The first-order valence-corrected chi connectivity index (χ1v) is 9.75. The van der Waals surface area contributed by atoms with Gasteiger partial charge in [0.25, 0.3) is 0 Å². The topological polar surface area (TPSA) is 29.0 Å². The quantitative estimate of drug-likeness (QED) is 0.530. The molecule has 0 radical (unpaired) electrons. The lowest BCUT2D eigenvalue weighted by Crippen LogP contribution is -2.31. The number of aromatic nitrogens is 2. The average molecular weight is 451 g/mol. The SMILES string of the molecule is Brc1cc2c(cc1Br)CN(c1cc(-c3cccs3)ncn1)CC2. The van der Waals surface area contributed by atoms with Crippen LogP contribution in [0.3, 0.4) is 0 Å². The van der Waals surface area contributed by atoms with E-state index in [-0.39, 0.29) is 0 Å². The summed E-state index contributed by atoms with van der Waals surface area (Å²) in [6.07, 6.45) is 2.69. The first-order chi connectivity index (χ1) is 11.2. The molecule has 0 unspecified atom stereocenters. The Morgan fingerprint density at radius 1 is 1.04 bits per heavy atom. The Bertz CT molecular complexity index is 849. The summed E-state index contributed by atoms with van der Waals surface area (Å²) in [6, 6.07) is 10.6. The zero-order valence-electron chi connectivity index (χ0n) is 12.2. The summed E-state index contributed by atoms with van der Waals surface area (Å²) < 4.78 is 2.21. The van der Waals surface area contributed by atoms with E-state index in [1.165, 1.54) is 16.0 Å². The van der Waals surface area contributed by atoms with Crippen LogP contribution in [0.1, 0.15) is 11.1 Å². The summed E-state index contributed by atoms with van der Waals surface area (Å²) in [4.78, 5) is 12.4. The van der Waals surface area contributed by atoms with Crippen molar-refractivity contribution in [3.63, 3.8) is 0 Å². The normalized spacial score (nSPS) is 13.9. The maximum atomic E-state index is 4.48. The van der Waals surface area contributed by atoms with Crippen molar-refractivity contribution in [2.45, 2.75) is 13.0 Å². The highest BCUT2D eigenvalue weighted by Crippen LogP contribution is 2.32. The van der Waals surface area contributed by atoms with Crippen LogP contribution in [0.15, 0.2) is 51.0 Å².